The summed E-state index contributed by atoms with van der Waals surface area (Å²) in [7, 11) is 0. The van der Waals surface area contributed by atoms with Crippen molar-refractivity contribution < 1.29 is 9.63 Å². The van der Waals surface area contributed by atoms with Crippen LogP contribution in [0, 0.1) is 5.92 Å². The number of carbonyl (C=O) groups excluding carboxylic acids is 1. The predicted molar refractivity (Wildman–Crippen MR) is 108 cm³/mol. The first-order valence-corrected chi connectivity index (χ1v) is 10.8. The molecule has 1 aromatic carbocycles. The van der Waals surface area contributed by atoms with Crippen molar-refractivity contribution in [1.29, 1.82) is 0 Å². The summed E-state index contributed by atoms with van der Waals surface area (Å²) in [6, 6.07) is 8.38. The molecule has 3 aliphatic rings. The molecule has 3 aliphatic heterocycles. The second kappa shape index (κ2) is 9.18. The molecular weight excluding hydrogens is 338 g/mol. The van der Waals surface area contributed by atoms with Gasteiger partial charge in [-0.05, 0) is 75.7 Å². The average Bonchev–Trinajstić information content (AvgIpc) is 3.23. The number of amides is 1. The third-order valence-corrected chi connectivity index (χ3v) is 6.37. The molecule has 0 atom stereocenters. The number of likely N-dealkylation sites (tertiary alicyclic amines) is 1. The van der Waals surface area contributed by atoms with E-state index in [1.807, 2.05) is 11.0 Å². The second-order valence-corrected chi connectivity index (χ2v) is 8.22. The van der Waals surface area contributed by atoms with E-state index in [1.54, 1.807) is 0 Å². The minimum atomic E-state index is 0.288. The Bertz CT molecular complexity index is 622. The topological polar surface area (TPSA) is 36.0 Å². The molecule has 0 spiro atoms. The number of hydrogen-bond donors (Lipinski definition) is 0. The highest BCUT2D eigenvalue weighted by molar-refractivity contribution is 5.96. The molecule has 2 saturated heterocycles. The average molecular weight is 372 g/mol. The zero-order valence-electron chi connectivity index (χ0n) is 16.4. The fourth-order valence-electron chi connectivity index (χ4n) is 4.69. The van der Waals surface area contributed by atoms with Gasteiger partial charge in [0.05, 0.1) is 6.61 Å². The lowest BCUT2D eigenvalue weighted by atomic mass is 9.93. The summed E-state index contributed by atoms with van der Waals surface area (Å²) in [5.74, 6) is 1.14. The Morgan fingerprint density at radius 3 is 2.67 bits per heavy atom. The van der Waals surface area contributed by atoms with Crippen LogP contribution in [0.5, 0.6) is 0 Å². The first-order chi connectivity index (χ1) is 13.3. The number of para-hydroxylation sites is 1. The molecule has 3 heterocycles. The number of rotatable bonds is 7. The molecule has 148 valence electrons. The summed E-state index contributed by atoms with van der Waals surface area (Å²) < 4.78 is 0. The van der Waals surface area contributed by atoms with Crippen LogP contribution in [0.2, 0.25) is 0 Å². The predicted octanol–water partition coefficient (Wildman–Crippen LogP) is 3.10. The molecule has 0 bridgehead atoms. The van der Waals surface area contributed by atoms with Gasteiger partial charge < -0.3 is 9.80 Å². The van der Waals surface area contributed by atoms with Crippen molar-refractivity contribution in [3.8, 4) is 0 Å². The lowest BCUT2D eigenvalue weighted by Gasteiger charge is -2.34. The standard InChI is InChI=1S/C22H33N3O2/c26-22-8-7-20-5-1-2-6-21(20)25(22)14-3-12-23-15-9-19(10-16-23)11-17-24-13-4-18-27-24/h1-2,5-6,19H,3-4,7-18H2. The number of carbonyl (C=O) groups is 1. The lowest BCUT2D eigenvalue weighted by Crippen LogP contribution is -2.39. The molecule has 0 unspecified atom stereocenters. The maximum atomic E-state index is 12.4. The third-order valence-electron chi connectivity index (χ3n) is 6.37. The van der Waals surface area contributed by atoms with Crippen LogP contribution in [-0.4, -0.2) is 61.7 Å². The molecular formula is C22H33N3O2. The smallest absolute Gasteiger partial charge is 0.227 e. The van der Waals surface area contributed by atoms with Gasteiger partial charge in [-0.3, -0.25) is 9.63 Å². The van der Waals surface area contributed by atoms with Gasteiger partial charge in [0.1, 0.15) is 0 Å². The largest absolute Gasteiger partial charge is 0.312 e. The molecule has 0 aromatic heterocycles. The number of fused-ring (bicyclic) bond motifs is 1. The Hall–Kier alpha value is -1.43. The van der Waals surface area contributed by atoms with E-state index in [0.717, 1.165) is 57.2 Å². The van der Waals surface area contributed by atoms with Crippen molar-refractivity contribution in [2.75, 3.05) is 50.8 Å². The quantitative estimate of drug-likeness (QED) is 0.738. The van der Waals surface area contributed by atoms with E-state index in [-0.39, 0.29) is 5.91 Å². The molecule has 5 nitrogen and oxygen atoms in total. The van der Waals surface area contributed by atoms with Crippen LogP contribution >= 0.6 is 0 Å². The maximum absolute atomic E-state index is 12.4. The molecule has 4 rings (SSSR count). The van der Waals surface area contributed by atoms with Gasteiger partial charge in [0.25, 0.3) is 0 Å². The van der Waals surface area contributed by atoms with Gasteiger partial charge in [-0.2, -0.15) is 5.06 Å². The van der Waals surface area contributed by atoms with Gasteiger partial charge in [-0.15, -0.1) is 0 Å². The molecule has 0 N–H and O–H groups in total. The van der Waals surface area contributed by atoms with Crippen LogP contribution in [0.15, 0.2) is 24.3 Å². The highest BCUT2D eigenvalue weighted by Crippen LogP contribution is 2.28. The van der Waals surface area contributed by atoms with Crippen molar-refractivity contribution in [2.24, 2.45) is 5.92 Å². The van der Waals surface area contributed by atoms with Crippen molar-refractivity contribution in [3.05, 3.63) is 29.8 Å². The van der Waals surface area contributed by atoms with E-state index in [9.17, 15) is 4.79 Å². The van der Waals surface area contributed by atoms with Gasteiger partial charge in [0.2, 0.25) is 5.91 Å². The Morgan fingerprint density at radius 2 is 1.85 bits per heavy atom. The number of piperidine rings is 1. The Balaban J connectivity index is 1.17. The van der Waals surface area contributed by atoms with E-state index >= 15 is 0 Å². The monoisotopic (exact) mass is 371 g/mol. The highest BCUT2D eigenvalue weighted by atomic mass is 16.7. The SMILES string of the molecule is O=C1CCc2ccccc2N1CCCN1CCC(CCN2CCCO2)CC1. The minimum absolute atomic E-state index is 0.288. The van der Waals surface area contributed by atoms with Gasteiger partial charge in [-0.25, -0.2) is 0 Å². The zero-order valence-corrected chi connectivity index (χ0v) is 16.4. The van der Waals surface area contributed by atoms with Crippen LogP contribution in [0.25, 0.3) is 0 Å². The van der Waals surface area contributed by atoms with E-state index < -0.39 is 0 Å². The van der Waals surface area contributed by atoms with Crippen LogP contribution < -0.4 is 4.90 Å². The minimum Gasteiger partial charge on any atom is -0.312 e. The molecule has 0 saturated carbocycles. The number of anilines is 1. The van der Waals surface area contributed by atoms with E-state index in [0.29, 0.717) is 6.42 Å². The van der Waals surface area contributed by atoms with Crippen LogP contribution in [0.1, 0.15) is 44.1 Å². The number of aryl methyl sites for hydroxylation is 1. The first kappa shape index (κ1) is 18.9. The number of benzene rings is 1. The Kier molecular flexibility index (Phi) is 6.43. The summed E-state index contributed by atoms with van der Waals surface area (Å²) in [6.45, 7) is 7.48. The van der Waals surface area contributed by atoms with E-state index in [2.05, 4.69) is 28.2 Å². The van der Waals surface area contributed by atoms with Crippen LogP contribution in [0.3, 0.4) is 0 Å². The van der Waals surface area contributed by atoms with Gasteiger partial charge >= 0.3 is 0 Å². The maximum Gasteiger partial charge on any atom is 0.227 e. The van der Waals surface area contributed by atoms with Crippen molar-refractivity contribution in [2.45, 2.75) is 44.9 Å². The van der Waals surface area contributed by atoms with Crippen molar-refractivity contribution in [3.63, 3.8) is 0 Å². The number of hydroxylamine groups is 2. The number of hydrogen-bond acceptors (Lipinski definition) is 4. The molecule has 5 heteroatoms. The lowest BCUT2D eigenvalue weighted by molar-refractivity contribution is -0.118. The number of nitrogens with zero attached hydrogens (tertiary/aromatic N) is 3. The van der Waals surface area contributed by atoms with Gasteiger partial charge in [0, 0.05) is 31.7 Å². The van der Waals surface area contributed by atoms with Gasteiger partial charge in [0.15, 0.2) is 0 Å². The molecule has 27 heavy (non-hydrogen) atoms. The normalized spacial score (nSPS) is 22.4. The van der Waals surface area contributed by atoms with E-state index in [4.69, 9.17) is 4.84 Å². The zero-order chi connectivity index (χ0) is 18.5. The van der Waals surface area contributed by atoms with Gasteiger partial charge in [-0.1, -0.05) is 18.2 Å². The Labute approximate surface area is 163 Å². The summed E-state index contributed by atoms with van der Waals surface area (Å²) in [5.41, 5.74) is 2.46. The van der Waals surface area contributed by atoms with Crippen LogP contribution in [-0.2, 0) is 16.1 Å². The van der Waals surface area contributed by atoms with Crippen molar-refractivity contribution in [1.82, 2.24) is 9.96 Å². The molecule has 0 radical (unpaired) electrons. The third kappa shape index (κ3) is 4.89. The van der Waals surface area contributed by atoms with Crippen molar-refractivity contribution >= 4 is 11.6 Å². The summed E-state index contributed by atoms with van der Waals surface area (Å²) in [5, 5.41) is 2.15. The van der Waals surface area contributed by atoms with Crippen LogP contribution in [0.4, 0.5) is 5.69 Å². The fourth-order valence-corrected chi connectivity index (χ4v) is 4.69. The first-order valence-electron chi connectivity index (χ1n) is 10.8. The molecule has 1 amide bonds. The molecule has 2 fully saturated rings. The Morgan fingerprint density at radius 1 is 1.00 bits per heavy atom. The fraction of sp³-hybridized carbons (Fsp3) is 0.682. The summed E-state index contributed by atoms with van der Waals surface area (Å²) in [4.78, 5) is 22.6. The molecule has 0 aliphatic carbocycles. The van der Waals surface area contributed by atoms with E-state index in [1.165, 1.54) is 44.3 Å². The summed E-state index contributed by atoms with van der Waals surface area (Å²) in [6.07, 6.45) is 7.67. The highest BCUT2D eigenvalue weighted by Gasteiger charge is 2.24. The summed E-state index contributed by atoms with van der Waals surface area (Å²) >= 11 is 0. The second-order valence-electron chi connectivity index (χ2n) is 8.22. The molecule has 1 aromatic rings.